The van der Waals surface area contributed by atoms with Crippen LogP contribution in [0.2, 0.25) is 0 Å². The third kappa shape index (κ3) is 3.15. The van der Waals surface area contributed by atoms with Gasteiger partial charge < -0.3 is 5.32 Å². The molecule has 0 radical (unpaired) electrons. The van der Waals surface area contributed by atoms with E-state index < -0.39 is 0 Å². The Balaban J connectivity index is 2.20. The number of halogens is 1. The van der Waals surface area contributed by atoms with E-state index in [2.05, 4.69) is 37.1 Å². The summed E-state index contributed by atoms with van der Waals surface area (Å²) >= 11 is 0. The number of nitrogens with zero attached hydrogens (tertiary/aromatic N) is 1. The second kappa shape index (κ2) is 6.02. The molecule has 1 heterocycles. The summed E-state index contributed by atoms with van der Waals surface area (Å²) in [5.74, 6) is 0.506. The minimum absolute atomic E-state index is 0.0967. The molecule has 106 valence electrons. The quantitative estimate of drug-likeness (QED) is 0.902. The van der Waals surface area contributed by atoms with E-state index in [1.807, 2.05) is 13.0 Å². The largest absolute Gasteiger partial charge is 0.314 e. The lowest BCUT2D eigenvalue weighted by atomic mass is 9.96. The van der Waals surface area contributed by atoms with E-state index in [1.165, 1.54) is 0 Å². The van der Waals surface area contributed by atoms with Crippen molar-refractivity contribution in [3.8, 4) is 0 Å². The molecule has 0 spiro atoms. The van der Waals surface area contributed by atoms with Gasteiger partial charge in [0.2, 0.25) is 0 Å². The Labute approximate surface area is 116 Å². The van der Waals surface area contributed by atoms with Gasteiger partial charge in [0.25, 0.3) is 0 Å². The molecule has 19 heavy (non-hydrogen) atoms. The van der Waals surface area contributed by atoms with Crippen molar-refractivity contribution >= 4 is 0 Å². The van der Waals surface area contributed by atoms with Crippen LogP contribution in [0, 0.1) is 18.7 Å². The van der Waals surface area contributed by atoms with E-state index in [0.717, 1.165) is 30.8 Å². The van der Waals surface area contributed by atoms with Crippen LogP contribution in [0.4, 0.5) is 4.39 Å². The maximum atomic E-state index is 13.7. The molecule has 2 rings (SSSR count). The second-order valence-electron chi connectivity index (χ2n) is 5.94. The van der Waals surface area contributed by atoms with Gasteiger partial charge in [-0.1, -0.05) is 26.0 Å². The molecule has 1 N–H and O–H groups in total. The zero-order valence-corrected chi connectivity index (χ0v) is 12.4. The van der Waals surface area contributed by atoms with Crippen LogP contribution >= 0.6 is 0 Å². The average Bonchev–Trinajstić information content (AvgIpc) is 2.41. The third-order valence-corrected chi connectivity index (χ3v) is 4.27. The van der Waals surface area contributed by atoms with Gasteiger partial charge in [-0.3, -0.25) is 4.90 Å². The molecule has 1 aromatic carbocycles. The standard InChI is InChI=1S/C16H25FN2/c1-11(2)16-10-18-7-8-19(16)13(4)14-6-5-12(3)15(17)9-14/h5-6,9,11,13,16,18H,7-8,10H2,1-4H3. The molecule has 3 heteroatoms. The fraction of sp³-hybridized carbons (Fsp3) is 0.625. The minimum Gasteiger partial charge on any atom is -0.314 e. The minimum atomic E-state index is -0.0967. The third-order valence-electron chi connectivity index (χ3n) is 4.27. The van der Waals surface area contributed by atoms with Gasteiger partial charge in [0.05, 0.1) is 0 Å². The highest BCUT2D eigenvalue weighted by Gasteiger charge is 2.29. The van der Waals surface area contributed by atoms with E-state index in [-0.39, 0.29) is 11.9 Å². The van der Waals surface area contributed by atoms with Gasteiger partial charge in [-0.25, -0.2) is 4.39 Å². The summed E-state index contributed by atoms with van der Waals surface area (Å²) in [6, 6.07) is 6.42. The zero-order valence-electron chi connectivity index (χ0n) is 12.4. The summed E-state index contributed by atoms with van der Waals surface area (Å²) in [5, 5.41) is 3.46. The molecule has 1 aromatic rings. The predicted octanol–water partition coefficient (Wildman–Crippen LogP) is 3.12. The van der Waals surface area contributed by atoms with Crippen molar-refractivity contribution < 1.29 is 4.39 Å². The van der Waals surface area contributed by atoms with Crippen LogP contribution in [0.5, 0.6) is 0 Å². The van der Waals surface area contributed by atoms with Crippen molar-refractivity contribution in [2.45, 2.75) is 39.8 Å². The molecule has 1 aliphatic heterocycles. The molecule has 2 nitrogen and oxygen atoms in total. The normalized spacial score (nSPS) is 22.7. The number of piperazine rings is 1. The average molecular weight is 264 g/mol. The molecule has 1 aliphatic rings. The van der Waals surface area contributed by atoms with Crippen molar-refractivity contribution in [3.05, 3.63) is 35.1 Å². The summed E-state index contributed by atoms with van der Waals surface area (Å²) < 4.78 is 13.7. The fourth-order valence-corrected chi connectivity index (χ4v) is 2.90. The number of aryl methyl sites for hydroxylation is 1. The summed E-state index contributed by atoms with van der Waals surface area (Å²) in [6.07, 6.45) is 0. The Bertz CT molecular complexity index is 431. The first-order chi connectivity index (χ1) is 9.00. The SMILES string of the molecule is Cc1ccc(C(C)N2CCNCC2C(C)C)cc1F. The molecule has 1 saturated heterocycles. The van der Waals surface area contributed by atoms with Crippen LogP contribution in [0.25, 0.3) is 0 Å². The predicted molar refractivity (Wildman–Crippen MR) is 77.8 cm³/mol. The molecule has 2 unspecified atom stereocenters. The number of hydrogen-bond acceptors (Lipinski definition) is 2. The number of benzene rings is 1. The van der Waals surface area contributed by atoms with Gasteiger partial charge in [-0.05, 0) is 37.0 Å². The Morgan fingerprint density at radius 1 is 1.32 bits per heavy atom. The first-order valence-electron chi connectivity index (χ1n) is 7.23. The van der Waals surface area contributed by atoms with E-state index in [9.17, 15) is 4.39 Å². The topological polar surface area (TPSA) is 15.3 Å². The Kier molecular flexibility index (Phi) is 4.58. The molecular weight excluding hydrogens is 239 g/mol. The highest BCUT2D eigenvalue weighted by Crippen LogP contribution is 2.27. The van der Waals surface area contributed by atoms with Gasteiger partial charge in [-0.15, -0.1) is 0 Å². The van der Waals surface area contributed by atoms with Gasteiger partial charge >= 0.3 is 0 Å². The maximum absolute atomic E-state index is 13.7. The van der Waals surface area contributed by atoms with Crippen LogP contribution in [0.15, 0.2) is 18.2 Å². The molecule has 0 bridgehead atoms. The summed E-state index contributed by atoms with van der Waals surface area (Å²) in [7, 11) is 0. The Morgan fingerprint density at radius 3 is 2.68 bits per heavy atom. The Hall–Kier alpha value is -0.930. The highest BCUT2D eigenvalue weighted by atomic mass is 19.1. The fourth-order valence-electron chi connectivity index (χ4n) is 2.90. The maximum Gasteiger partial charge on any atom is 0.126 e. The molecule has 1 fully saturated rings. The lowest BCUT2D eigenvalue weighted by molar-refractivity contribution is 0.0842. The molecular formula is C16H25FN2. The molecule has 0 aromatic heterocycles. The van der Waals surface area contributed by atoms with Gasteiger partial charge in [-0.2, -0.15) is 0 Å². The van der Waals surface area contributed by atoms with Crippen LogP contribution in [0.3, 0.4) is 0 Å². The summed E-state index contributed by atoms with van der Waals surface area (Å²) in [5.41, 5.74) is 1.80. The molecule has 2 atom stereocenters. The van der Waals surface area contributed by atoms with Crippen molar-refractivity contribution in [2.75, 3.05) is 19.6 Å². The van der Waals surface area contributed by atoms with Crippen LogP contribution < -0.4 is 5.32 Å². The van der Waals surface area contributed by atoms with Crippen LogP contribution in [-0.2, 0) is 0 Å². The van der Waals surface area contributed by atoms with E-state index in [4.69, 9.17) is 0 Å². The van der Waals surface area contributed by atoms with E-state index in [1.54, 1.807) is 6.07 Å². The lowest BCUT2D eigenvalue weighted by Crippen LogP contribution is -2.54. The molecule has 0 amide bonds. The monoisotopic (exact) mass is 264 g/mol. The molecule has 0 aliphatic carbocycles. The highest BCUT2D eigenvalue weighted by molar-refractivity contribution is 5.25. The number of rotatable bonds is 3. The van der Waals surface area contributed by atoms with Crippen molar-refractivity contribution in [3.63, 3.8) is 0 Å². The van der Waals surface area contributed by atoms with Crippen LogP contribution in [-0.4, -0.2) is 30.6 Å². The van der Waals surface area contributed by atoms with Gasteiger partial charge in [0, 0.05) is 31.7 Å². The van der Waals surface area contributed by atoms with E-state index >= 15 is 0 Å². The lowest BCUT2D eigenvalue weighted by Gasteiger charge is -2.42. The first-order valence-corrected chi connectivity index (χ1v) is 7.23. The summed E-state index contributed by atoms with van der Waals surface area (Å²) in [6.45, 7) is 11.6. The Morgan fingerprint density at radius 2 is 2.05 bits per heavy atom. The van der Waals surface area contributed by atoms with Crippen molar-refractivity contribution in [1.29, 1.82) is 0 Å². The number of nitrogens with one attached hydrogen (secondary N) is 1. The van der Waals surface area contributed by atoms with Gasteiger partial charge in [0.1, 0.15) is 5.82 Å². The van der Waals surface area contributed by atoms with Crippen molar-refractivity contribution in [1.82, 2.24) is 10.2 Å². The second-order valence-corrected chi connectivity index (χ2v) is 5.94. The van der Waals surface area contributed by atoms with E-state index in [0.29, 0.717) is 12.0 Å². The first kappa shape index (κ1) is 14.5. The molecule has 0 saturated carbocycles. The van der Waals surface area contributed by atoms with Crippen LogP contribution in [0.1, 0.15) is 37.9 Å². The number of hydrogen-bond donors (Lipinski definition) is 1. The van der Waals surface area contributed by atoms with Gasteiger partial charge in [0.15, 0.2) is 0 Å². The summed E-state index contributed by atoms with van der Waals surface area (Å²) in [4.78, 5) is 2.51. The van der Waals surface area contributed by atoms with Crippen molar-refractivity contribution in [2.24, 2.45) is 5.92 Å². The zero-order chi connectivity index (χ0) is 14.0. The smallest absolute Gasteiger partial charge is 0.126 e.